The minimum atomic E-state index is 0.358. The zero-order valence-corrected chi connectivity index (χ0v) is 3.81. The van der Waals surface area contributed by atoms with Crippen LogP contribution in [0.1, 0.15) is 0 Å². The number of hydrogen-bond donors (Lipinski definition) is 2. The van der Waals surface area contributed by atoms with Gasteiger partial charge in [-0.2, -0.15) is 0 Å². The highest BCUT2D eigenvalue weighted by molar-refractivity contribution is 5.81. The number of hydrogen-bond acceptors (Lipinski definition) is 2. The number of amidine groups is 1. The van der Waals surface area contributed by atoms with Crippen LogP contribution in [0.15, 0.2) is 4.99 Å². The minimum Gasteiger partial charge on any atom is -0.386 e. The van der Waals surface area contributed by atoms with Gasteiger partial charge in [0.25, 0.3) is 0 Å². The fourth-order valence-electron chi connectivity index (χ4n) is 0.0913. The Balaban J connectivity index is 3.22. The lowest BCUT2D eigenvalue weighted by atomic mass is 10.6. The SMILES string of the molecule is C/N=C(\N)CN. The van der Waals surface area contributed by atoms with Gasteiger partial charge in [0.1, 0.15) is 5.84 Å². The first-order valence-electron chi connectivity index (χ1n) is 1.72. The topological polar surface area (TPSA) is 64.4 Å². The average Bonchev–Trinajstić information content (AvgIpc) is 1.65. The second-order valence-electron chi connectivity index (χ2n) is 0.919. The highest BCUT2D eigenvalue weighted by Gasteiger charge is 1.75. The van der Waals surface area contributed by atoms with Crippen LogP contribution >= 0.6 is 0 Å². The lowest BCUT2D eigenvalue weighted by molar-refractivity contribution is 1.24. The van der Waals surface area contributed by atoms with Crippen molar-refractivity contribution in [3.63, 3.8) is 0 Å². The van der Waals surface area contributed by atoms with Crippen molar-refractivity contribution in [3.8, 4) is 0 Å². The van der Waals surface area contributed by atoms with E-state index in [1.807, 2.05) is 0 Å². The smallest absolute Gasteiger partial charge is 0.107 e. The van der Waals surface area contributed by atoms with Crippen LogP contribution in [0.3, 0.4) is 0 Å². The lowest BCUT2D eigenvalue weighted by Crippen LogP contribution is -2.22. The Kier molecular flexibility index (Phi) is 2.40. The average molecular weight is 87.1 g/mol. The van der Waals surface area contributed by atoms with Gasteiger partial charge in [0.2, 0.25) is 0 Å². The first-order chi connectivity index (χ1) is 2.81. The van der Waals surface area contributed by atoms with E-state index in [-0.39, 0.29) is 0 Å². The molecule has 36 valence electrons. The Hall–Kier alpha value is -0.570. The second kappa shape index (κ2) is 2.66. The molecule has 0 rings (SSSR count). The van der Waals surface area contributed by atoms with Gasteiger partial charge in [-0.25, -0.2) is 0 Å². The van der Waals surface area contributed by atoms with Crippen LogP contribution in [0.2, 0.25) is 0 Å². The molecule has 6 heavy (non-hydrogen) atoms. The molecule has 0 aliphatic rings. The number of nitrogens with zero attached hydrogens (tertiary/aromatic N) is 1. The molecule has 0 heterocycles. The fourth-order valence-corrected chi connectivity index (χ4v) is 0.0913. The molecule has 0 radical (unpaired) electrons. The van der Waals surface area contributed by atoms with Crippen LogP contribution in [0.4, 0.5) is 0 Å². The molecule has 0 saturated carbocycles. The molecule has 0 fully saturated rings. The summed E-state index contributed by atoms with van der Waals surface area (Å²) in [6.45, 7) is 0.358. The number of rotatable bonds is 1. The molecule has 0 aliphatic heterocycles. The van der Waals surface area contributed by atoms with Crippen molar-refractivity contribution in [1.29, 1.82) is 0 Å². The molecular formula is C3H9N3. The number of nitrogens with two attached hydrogens (primary N) is 2. The molecule has 0 amide bonds. The normalized spacial score (nSPS) is 12.0. The van der Waals surface area contributed by atoms with Gasteiger partial charge in [0.05, 0.1) is 6.54 Å². The highest BCUT2D eigenvalue weighted by atomic mass is 14.8. The van der Waals surface area contributed by atoms with E-state index in [0.29, 0.717) is 12.4 Å². The van der Waals surface area contributed by atoms with Crippen LogP contribution in [0.25, 0.3) is 0 Å². The Morgan fingerprint density at radius 1 is 1.83 bits per heavy atom. The van der Waals surface area contributed by atoms with E-state index in [0.717, 1.165) is 0 Å². The van der Waals surface area contributed by atoms with E-state index in [9.17, 15) is 0 Å². The van der Waals surface area contributed by atoms with Gasteiger partial charge in [-0.15, -0.1) is 0 Å². The van der Waals surface area contributed by atoms with Gasteiger partial charge >= 0.3 is 0 Å². The Morgan fingerprint density at radius 2 is 2.33 bits per heavy atom. The third-order valence-corrected chi connectivity index (χ3v) is 0.496. The summed E-state index contributed by atoms with van der Waals surface area (Å²) in [7, 11) is 1.61. The Labute approximate surface area is 37.0 Å². The van der Waals surface area contributed by atoms with E-state index in [1.54, 1.807) is 7.05 Å². The number of aliphatic imine (C=N–C) groups is 1. The maximum absolute atomic E-state index is 5.10. The molecule has 0 spiro atoms. The first kappa shape index (κ1) is 5.43. The van der Waals surface area contributed by atoms with Crippen molar-refractivity contribution in [1.82, 2.24) is 0 Å². The van der Waals surface area contributed by atoms with E-state index < -0.39 is 0 Å². The van der Waals surface area contributed by atoms with Gasteiger partial charge in [0.15, 0.2) is 0 Å². The van der Waals surface area contributed by atoms with Gasteiger partial charge in [-0.1, -0.05) is 0 Å². The monoisotopic (exact) mass is 87.1 g/mol. The Morgan fingerprint density at radius 3 is 2.33 bits per heavy atom. The van der Waals surface area contributed by atoms with Gasteiger partial charge in [-0.05, 0) is 0 Å². The van der Waals surface area contributed by atoms with E-state index in [1.165, 1.54) is 0 Å². The third kappa shape index (κ3) is 1.72. The molecule has 0 aromatic heterocycles. The van der Waals surface area contributed by atoms with Crippen LogP contribution in [0.5, 0.6) is 0 Å². The second-order valence-corrected chi connectivity index (χ2v) is 0.919. The molecule has 0 aromatic carbocycles. The summed E-state index contributed by atoms with van der Waals surface area (Å²) in [5.74, 6) is 0.495. The predicted octanol–water partition coefficient (Wildman–Crippen LogP) is -1.07. The van der Waals surface area contributed by atoms with E-state index >= 15 is 0 Å². The zero-order chi connectivity index (χ0) is 4.99. The molecule has 0 aliphatic carbocycles. The third-order valence-electron chi connectivity index (χ3n) is 0.496. The van der Waals surface area contributed by atoms with Gasteiger partial charge in [-0.3, -0.25) is 4.99 Å². The van der Waals surface area contributed by atoms with Crippen LogP contribution in [0, 0.1) is 0 Å². The van der Waals surface area contributed by atoms with Crippen molar-refractivity contribution >= 4 is 5.84 Å². The van der Waals surface area contributed by atoms with Crippen LogP contribution in [-0.4, -0.2) is 19.4 Å². The summed E-state index contributed by atoms with van der Waals surface area (Å²) >= 11 is 0. The fraction of sp³-hybridized carbons (Fsp3) is 0.667. The molecule has 0 bridgehead atoms. The summed E-state index contributed by atoms with van der Waals surface area (Å²) in [5.41, 5.74) is 10.1. The molecule has 0 unspecified atom stereocenters. The highest BCUT2D eigenvalue weighted by Crippen LogP contribution is 1.53. The first-order valence-corrected chi connectivity index (χ1v) is 1.72. The quantitative estimate of drug-likeness (QED) is 0.316. The van der Waals surface area contributed by atoms with Gasteiger partial charge in [0, 0.05) is 7.05 Å². The van der Waals surface area contributed by atoms with E-state index in [2.05, 4.69) is 4.99 Å². The molecule has 4 N–H and O–H groups in total. The van der Waals surface area contributed by atoms with Crippen molar-refractivity contribution < 1.29 is 0 Å². The summed E-state index contributed by atoms with van der Waals surface area (Å²) < 4.78 is 0. The molecule has 3 heteroatoms. The standard InChI is InChI=1S/C3H9N3/c1-6-3(5)2-4/h2,4H2,1H3,(H2,5,6). The van der Waals surface area contributed by atoms with Crippen molar-refractivity contribution in [2.24, 2.45) is 16.5 Å². The van der Waals surface area contributed by atoms with Crippen LogP contribution in [-0.2, 0) is 0 Å². The predicted molar refractivity (Wildman–Crippen MR) is 26.6 cm³/mol. The van der Waals surface area contributed by atoms with E-state index in [4.69, 9.17) is 11.5 Å². The largest absolute Gasteiger partial charge is 0.386 e. The lowest BCUT2D eigenvalue weighted by Gasteiger charge is -1.85. The van der Waals surface area contributed by atoms with Gasteiger partial charge < -0.3 is 11.5 Å². The van der Waals surface area contributed by atoms with Crippen molar-refractivity contribution in [2.45, 2.75) is 0 Å². The Bertz CT molecular complexity index is 57.1. The molecule has 0 saturated heterocycles. The van der Waals surface area contributed by atoms with Crippen LogP contribution < -0.4 is 11.5 Å². The maximum Gasteiger partial charge on any atom is 0.107 e. The molecule has 0 aromatic rings. The maximum atomic E-state index is 5.10. The van der Waals surface area contributed by atoms with Crippen molar-refractivity contribution in [3.05, 3.63) is 0 Å². The molecule has 3 nitrogen and oxygen atoms in total. The summed E-state index contributed by atoms with van der Waals surface area (Å²) in [5, 5.41) is 0. The molecular weight excluding hydrogens is 78.1 g/mol. The summed E-state index contributed by atoms with van der Waals surface area (Å²) in [6.07, 6.45) is 0. The molecule has 0 atom stereocenters. The zero-order valence-electron chi connectivity index (χ0n) is 3.81. The summed E-state index contributed by atoms with van der Waals surface area (Å²) in [4.78, 5) is 3.58. The minimum absolute atomic E-state index is 0.358. The summed E-state index contributed by atoms with van der Waals surface area (Å²) in [6, 6.07) is 0. The van der Waals surface area contributed by atoms with Crippen molar-refractivity contribution in [2.75, 3.05) is 13.6 Å².